The van der Waals surface area contributed by atoms with Gasteiger partial charge in [0.05, 0.1) is 0 Å². The third-order valence-corrected chi connectivity index (χ3v) is 5.09. The van der Waals surface area contributed by atoms with Gasteiger partial charge in [-0.15, -0.1) is 0 Å². The molecule has 2 heteroatoms. The molecule has 2 unspecified atom stereocenters. The summed E-state index contributed by atoms with van der Waals surface area (Å²) in [5, 5.41) is 3.54. The Bertz CT molecular complexity index is 231. The average Bonchev–Trinajstić information content (AvgIpc) is 2.74. The minimum atomic E-state index is 0.907. The third kappa shape index (κ3) is 2.02. The molecule has 4 atom stereocenters. The number of hydrogen-bond acceptors (Lipinski definition) is 2. The van der Waals surface area contributed by atoms with Gasteiger partial charge in [0.1, 0.15) is 0 Å². The molecule has 2 saturated heterocycles. The van der Waals surface area contributed by atoms with Crippen molar-refractivity contribution in [2.24, 2.45) is 23.7 Å². The fourth-order valence-corrected chi connectivity index (χ4v) is 4.39. The minimum absolute atomic E-state index is 0.907. The normalized spacial score (nSPS) is 49.5. The van der Waals surface area contributed by atoms with Crippen molar-refractivity contribution in [1.82, 2.24) is 10.2 Å². The summed E-state index contributed by atoms with van der Waals surface area (Å²) in [5.74, 6) is 3.83. The molecule has 2 aliphatic heterocycles. The highest BCUT2D eigenvalue weighted by atomic mass is 15.2. The number of nitrogens with one attached hydrogen (secondary N) is 1. The molecule has 0 aromatic heterocycles. The molecule has 0 amide bonds. The molecule has 3 fully saturated rings. The summed E-state index contributed by atoms with van der Waals surface area (Å²) in [5.41, 5.74) is 0. The SMILES string of the molecule is CC1CC(C)CC(N2C[C@H]3CNC[C@H]3C2)C1. The lowest BCUT2D eigenvalue weighted by Gasteiger charge is -2.37. The molecule has 1 aliphatic carbocycles. The summed E-state index contributed by atoms with van der Waals surface area (Å²) in [7, 11) is 0. The first-order chi connectivity index (χ1) is 7.72. The summed E-state index contributed by atoms with van der Waals surface area (Å²) < 4.78 is 0. The molecular weight excluding hydrogens is 196 g/mol. The molecule has 0 spiro atoms. The molecule has 16 heavy (non-hydrogen) atoms. The fraction of sp³-hybridized carbons (Fsp3) is 1.00. The van der Waals surface area contributed by atoms with Crippen molar-refractivity contribution in [3.63, 3.8) is 0 Å². The van der Waals surface area contributed by atoms with Crippen molar-refractivity contribution in [1.29, 1.82) is 0 Å². The molecule has 0 aromatic carbocycles. The van der Waals surface area contributed by atoms with Crippen LogP contribution in [0.2, 0.25) is 0 Å². The first-order valence-electron chi connectivity index (χ1n) is 7.17. The van der Waals surface area contributed by atoms with E-state index in [-0.39, 0.29) is 0 Å². The van der Waals surface area contributed by atoms with Crippen LogP contribution in [0.15, 0.2) is 0 Å². The predicted molar refractivity (Wildman–Crippen MR) is 67.4 cm³/mol. The van der Waals surface area contributed by atoms with Crippen LogP contribution in [0, 0.1) is 23.7 Å². The maximum atomic E-state index is 3.54. The van der Waals surface area contributed by atoms with E-state index in [2.05, 4.69) is 24.1 Å². The van der Waals surface area contributed by atoms with Gasteiger partial charge in [-0.05, 0) is 56.0 Å². The molecule has 3 rings (SSSR count). The Morgan fingerprint density at radius 1 is 0.875 bits per heavy atom. The lowest BCUT2D eigenvalue weighted by atomic mass is 9.80. The average molecular weight is 222 g/mol. The van der Waals surface area contributed by atoms with E-state index in [4.69, 9.17) is 0 Å². The first kappa shape index (κ1) is 11.0. The Labute approximate surface area is 99.8 Å². The second-order valence-corrected chi connectivity index (χ2v) is 6.70. The van der Waals surface area contributed by atoms with Crippen molar-refractivity contribution in [2.75, 3.05) is 26.2 Å². The smallest absolute Gasteiger partial charge is 0.0101 e. The van der Waals surface area contributed by atoms with Crippen molar-refractivity contribution in [3.8, 4) is 0 Å². The second-order valence-electron chi connectivity index (χ2n) is 6.70. The zero-order valence-corrected chi connectivity index (χ0v) is 10.8. The van der Waals surface area contributed by atoms with Crippen molar-refractivity contribution in [3.05, 3.63) is 0 Å². The van der Waals surface area contributed by atoms with Gasteiger partial charge >= 0.3 is 0 Å². The highest BCUT2D eigenvalue weighted by molar-refractivity contribution is 4.95. The lowest BCUT2D eigenvalue weighted by Crippen LogP contribution is -2.40. The van der Waals surface area contributed by atoms with Gasteiger partial charge in [-0.3, -0.25) is 4.90 Å². The number of likely N-dealkylation sites (tertiary alicyclic amines) is 1. The molecule has 0 radical (unpaired) electrons. The summed E-state index contributed by atoms with van der Waals surface area (Å²) in [6, 6.07) is 0.907. The van der Waals surface area contributed by atoms with E-state index in [0.717, 1.165) is 29.7 Å². The van der Waals surface area contributed by atoms with Crippen LogP contribution in [0.3, 0.4) is 0 Å². The molecule has 1 N–H and O–H groups in total. The Morgan fingerprint density at radius 3 is 2.00 bits per heavy atom. The van der Waals surface area contributed by atoms with E-state index in [0.29, 0.717) is 0 Å². The lowest BCUT2D eigenvalue weighted by molar-refractivity contribution is 0.125. The molecule has 0 bridgehead atoms. The van der Waals surface area contributed by atoms with Gasteiger partial charge in [0.2, 0.25) is 0 Å². The van der Waals surface area contributed by atoms with Crippen LogP contribution in [0.1, 0.15) is 33.1 Å². The van der Waals surface area contributed by atoms with E-state index in [9.17, 15) is 0 Å². The minimum Gasteiger partial charge on any atom is -0.316 e. The standard InChI is InChI=1S/C14H26N2/c1-10-3-11(2)5-14(4-10)16-8-12-6-15-7-13(12)9-16/h10-15H,3-9H2,1-2H3/t10?,11?,12-,13+,14?. The topological polar surface area (TPSA) is 15.3 Å². The number of rotatable bonds is 1. The van der Waals surface area contributed by atoms with Gasteiger partial charge in [0, 0.05) is 19.1 Å². The zero-order valence-electron chi connectivity index (χ0n) is 10.8. The Balaban J connectivity index is 1.61. The highest BCUT2D eigenvalue weighted by Gasteiger charge is 2.40. The van der Waals surface area contributed by atoms with Gasteiger partial charge in [0.25, 0.3) is 0 Å². The fourth-order valence-electron chi connectivity index (χ4n) is 4.39. The van der Waals surface area contributed by atoms with E-state index < -0.39 is 0 Å². The van der Waals surface area contributed by atoms with Gasteiger partial charge in [-0.25, -0.2) is 0 Å². The van der Waals surface area contributed by atoms with Crippen molar-refractivity contribution in [2.45, 2.75) is 39.2 Å². The molecule has 1 saturated carbocycles. The maximum Gasteiger partial charge on any atom is 0.0101 e. The van der Waals surface area contributed by atoms with Crippen LogP contribution >= 0.6 is 0 Å². The number of fused-ring (bicyclic) bond motifs is 1. The van der Waals surface area contributed by atoms with Crippen LogP contribution in [0.5, 0.6) is 0 Å². The molecule has 2 nitrogen and oxygen atoms in total. The summed E-state index contributed by atoms with van der Waals surface area (Å²) in [6.45, 7) is 10.2. The van der Waals surface area contributed by atoms with Crippen LogP contribution in [-0.4, -0.2) is 37.1 Å². The molecule has 2 heterocycles. The zero-order chi connectivity index (χ0) is 11.1. The summed E-state index contributed by atoms with van der Waals surface area (Å²) >= 11 is 0. The van der Waals surface area contributed by atoms with Crippen LogP contribution in [0.4, 0.5) is 0 Å². The Hall–Kier alpha value is -0.0800. The highest BCUT2D eigenvalue weighted by Crippen LogP contribution is 2.36. The third-order valence-electron chi connectivity index (χ3n) is 5.09. The predicted octanol–water partition coefficient (Wildman–Crippen LogP) is 1.96. The van der Waals surface area contributed by atoms with E-state index >= 15 is 0 Å². The molecule has 3 aliphatic rings. The molecular formula is C14H26N2. The van der Waals surface area contributed by atoms with Crippen molar-refractivity contribution < 1.29 is 0 Å². The van der Waals surface area contributed by atoms with Gasteiger partial charge in [-0.1, -0.05) is 13.8 Å². The van der Waals surface area contributed by atoms with E-state index in [1.54, 1.807) is 0 Å². The van der Waals surface area contributed by atoms with Crippen molar-refractivity contribution >= 4 is 0 Å². The number of nitrogens with zero attached hydrogens (tertiary/aromatic N) is 1. The molecule has 92 valence electrons. The summed E-state index contributed by atoms with van der Waals surface area (Å²) in [4.78, 5) is 2.82. The van der Waals surface area contributed by atoms with Crippen LogP contribution in [-0.2, 0) is 0 Å². The second kappa shape index (κ2) is 4.30. The van der Waals surface area contributed by atoms with Gasteiger partial charge < -0.3 is 5.32 Å². The quantitative estimate of drug-likeness (QED) is 0.729. The molecule has 0 aromatic rings. The summed E-state index contributed by atoms with van der Waals surface area (Å²) in [6.07, 6.45) is 4.37. The Kier molecular flexibility index (Phi) is 2.97. The largest absolute Gasteiger partial charge is 0.316 e. The van der Waals surface area contributed by atoms with Gasteiger partial charge in [0.15, 0.2) is 0 Å². The number of hydrogen-bond donors (Lipinski definition) is 1. The van der Waals surface area contributed by atoms with E-state index in [1.165, 1.54) is 45.4 Å². The van der Waals surface area contributed by atoms with E-state index in [1.807, 2.05) is 0 Å². The Morgan fingerprint density at radius 2 is 1.44 bits per heavy atom. The monoisotopic (exact) mass is 222 g/mol. The first-order valence-corrected chi connectivity index (χ1v) is 7.17. The van der Waals surface area contributed by atoms with Crippen LogP contribution < -0.4 is 5.32 Å². The maximum absolute atomic E-state index is 3.54. The van der Waals surface area contributed by atoms with Crippen LogP contribution in [0.25, 0.3) is 0 Å². The van der Waals surface area contributed by atoms with Gasteiger partial charge in [-0.2, -0.15) is 0 Å².